The Bertz CT molecular complexity index is 617. The molecule has 0 aliphatic rings. The van der Waals surface area contributed by atoms with Crippen LogP contribution in [0.5, 0.6) is 11.6 Å². The van der Waals surface area contributed by atoms with Crippen molar-refractivity contribution in [2.24, 2.45) is 0 Å². The van der Waals surface area contributed by atoms with E-state index in [-0.39, 0.29) is 0 Å². The second kappa shape index (κ2) is 7.64. The lowest BCUT2D eigenvalue weighted by Crippen LogP contribution is -2.14. The van der Waals surface area contributed by atoms with Crippen molar-refractivity contribution in [2.75, 3.05) is 6.54 Å². The van der Waals surface area contributed by atoms with Crippen molar-refractivity contribution in [1.82, 2.24) is 10.3 Å². The van der Waals surface area contributed by atoms with Gasteiger partial charge in [-0.25, -0.2) is 4.98 Å². The third-order valence-electron chi connectivity index (χ3n) is 3.00. The molecule has 0 saturated heterocycles. The predicted molar refractivity (Wildman–Crippen MR) is 87.5 cm³/mol. The number of nitrogens with one attached hydrogen (secondary N) is 1. The van der Waals surface area contributed by atoms with Crippen LogP contribution >= 0.6 is 23.2 Å². The Morgan fingerprint density at radius 2 is 2.05 bits per heavy atom. The Labute approximate surface area is 135 Å². The number of aryl methyl sites for hydroxylation is 1. The van der Waals surface area contributed by atoms with Gasteiger partial charge in [0.2, 0.25) is 5.88 Å². The number of ether oxygens (including phenoxy) is 1. The first kappa shape index (κ1) is 16.1. The Morgan fingerprint density at radius 1 is 1.24 bits per heavy atom. The van der Waals surface area contributed by atoms with E-state index in [1.54, 1.807) is 12.3 Å². The fraction of sp³-hybridized carbons (Fsp3) is 0.312. The number of rotatable bonds is 6. The first-order valence-electron chi connectivity index (χ1n) is 6.89. The van der Waals surface area contributed by atoms with Crippen molar-refractivity contribution in [3.8, 4) is 11.6 Å². The van der Waals surface area contributed by atoms with E-state index in [0.717, 1.165) is 29.8 Å². The lowest BCUT2D eigenvalue weighted by molar-refractivity contribution is 0.458. The Kier molecular flexibility index (Phi) is 5.85. The molecule has 0 amide bonds. The summed E-state index contributed by atoms with van der Waals surface area (Å²) < 4.78 is 5.81. The van der Waals surface area contributed by atoms with Gasteiger partial charge in [-0.3, -0.25) is 0 Å². The molecule has 1 N–H and O–H groups in total. The van der Waals surface area contributed by atoms with Gasteiger partial charge in [0, 0.05) is 23.8 Å². The molecular weight excluding hydrogens is 307 g/mol. The minimum atomic E-state index is 0.526. The third kappa shape index (κ3) is 4.60. The fourth-order valence-corrected chi connectivity index (χ4v) is 2.29. The van der Waals surface area contributed by atoms with Gasteiger partial charge in [0.25, 0.3) is 0 Å². The van der Waals surface area contributed by atoms with Crippen LogP contribution in [-0.4, -0.2) is 11.5 Å². The van der Waals surface area contributed by atoms with E-state index in [0.29, 0.717) is 22.5 Å². The lowest BCUT2D eigenvalue weighted by Gasteiger charge is -2.11. The molecule has 1 aromatic heterocycles. The summed E-state index contributed by atoms with van der Waals surface area (Å²) in [6.45, 7) is 5.72. The van der Waals surface area contributed by atoms with Gasteiger partial charge in [-0.1, -0.05) is 30.1 Å². The molecule has 112 valence electrons. The summed E-state index contributed by atoms with van der Waals surface area (Å²) in [6, 6.07) is 7.35. The number of benzene rings is 1. The van der Waals surface area contributed by atoms with Crippen molar-refractivity contribution in [3.05, 3.63) is 51.6 Å². The zero-order valence-corrected chi connectivity index (χ0v) is 13.6. The molecular formula is C16H18Cl2N2O. The van der Waals surface area contributed by atoms with Crippen LogP contribution in [0.3, 0.4) is 0 Å². The van der Waals surface area contributed by atoms with Gasteiger partial charge in [0.15, 0.2) is 0 Å². The molecule has 2 aromatic rings. The highest BCUT2D eigenvalue weighted by Gasteiger charge is 2.07. The molecule has 0 fully saturated rings. The highest BCUT2D eigenvalue weighted by molar-refractivity contribution is 6.31. The fourth-order valence-electron chi connectivity index (χ4n) is 1.89. The Balaban J connectivity index is 2.14. The summed E-state index contributed by atoms with van der Waals surface area (Å²) in [6.07, 6.45) is 2.70. The van der Waals surface area contributed by atoms with E-state index in [1.807, 2.05) is 25.1 Å². The van der Waals surface area contributed by atoms with Crippen molar-refractivity contribution in [3.63, 3.8) is 0 Å². The van der Waals surface area contributed by atoms with Crippen LogP contribution in [0, 0.1) is 6.92 Å². The molecule has 0 aliphatic carbocycles. The monoisotopic (exact) mass is 324 g/mol. The van der Waals surface area contributed by atoms with Gasteiger partial charge in [-0.15, -0.1) is 0 Å². The molecule has 3 nitrogen and oxygen atoms in total. The lowest BCUT2D eigenvalue weighted by atomic mass is 10.2. The topological polar surface area (TPSA) is 34.1 Å². The second-order valence-electron chi connectivity index (χ2n) is 4.80. The average molecular weight is 325 g/mol. The van der Waals surface area contributed by atoms with Crippen LogP contribution in [0.15, 0.2) is 30.5 Å². The molecule has 5 heteroatoms. The number of halogens is 2. The van der Waals surface area contributed by atoms with E-state index in [9.17, 15) is 0 Å². The maximum atomic E-state index is 6.15. The van der Waals surface area contributed by atoms with Crippen LogP contribution in [0.1, 0.15) is 24.5 Å². The summed E-state index contributed by atoms with van der Waals surface area (Å²) in [4.78, 5) is 4.21. The molecule has 0 saturated carbocycles. The van der Waals surface area contributed by atoms with Crippen LogP contribution < -0.4 is 10.1 Å². The largest absolute Gasteiger partial charge is 0.439 e. The van der Waals surface area contributed by atoms with Crippen LogP contribution in [0.4, 0.5) is 0 Å². The molecule has 1 heterocycles. The highest BCUT2D eigenvalue weighted by Crippen LogP contribution is 2.28. The second-order valence-corrected chi connectivity index (χ2v) is 5.65. The maximum Gasteiger partial charge on any atom is 0.219 e. The van der Waals surface area contributed by atoms with Crippen LogP contribution in [0.2, 0.25) is 10.0 Å². The van der Waals surface area contributed by atoms with E-state index >= 15 is 0 Å². The standard InChI is InChI=1S/C16H18Cl2N2O/c1-3-6-19-9-12-8-16(20-10-14(12)18)21-15-5-4-13(17)7-11(15)2/h4-5,7-8,10,19H,3,6,9H2,1-2H3. The quantitative estimate of drug-likeness (QED) is 0.760. The molecule has 2 rings (SSSR count). The normalized spacial score (nSPS) is 10.7. The number of hydrogen-bond donors (Lipinski definition) is 1. The maximum absolute atomic E-state index is 6.15. The third-order valence-corrected chi connectivity index (χ3v) is 3.58. The van der Waals surface area contributed by atoms with E-state index in [4.69, 9.17) is 27.9 Å². The number of hydrogen-bond acceptors (Lipinski definition) is 3. The van der Waals surface area contributed by atoms with Crippen molar-refractivity contribution in [1.29, 1.82) is 0 Å². The molecule has 0 spiro atoms. The molecule has 1 aromatic carbocycles. The highest BCUT2D eigenvalue weighted by atomic mass is 35.5. The van der Waals surface area contributed by atoms with Crippen molar-refractivity contribution >= 4 is 23.2 Å². The van der Waals surface area contributed by atoms with Crippen molar-refractivity contribution in [2.45, 2.75) is 26.8 Å². The number of aromatic nitrogens is 1. The van der Waals surface area contributed by atoms with Crippen LogP contribution in [-0.2, 0) is 6.54 Å². The molecule has 0 unspecified atom stereocenters. The van der Waals surface area contributed by atoms with Gasteiger partial charge in [0.1, 0.15) is 5.75 Å². The molecule has 0 atom stereocenters. The molecule has 0 radical (unpaired) electrons. The van der Waals surface area contributed by atoms with Gasteiger partial charge < -0.3 is 10.1 Å². The summed E-state index contributed by atoms with van der Waals surface area (Å²) >= 11 is 12.1. The molecule has 0 aliphatic heterocycles. The van der Waals surface area contributed by atoms with E-state index in [2.05, 4.69) is 17.2 Å². The predicted octanol–water partition coefficient (Wildman–Crippen LogP) is 4.99. The summed E-state index contributed by atoms with van der Waals surface area (Å²) in [7, 11) is 0. The first-order valence-corrected chi connectivity index (χ1v) is 7.65. The first-order chi connectivity index (χ1) is 10.1. The molecule has 21 heavy (non-hydrogen) atoms. The minimum Gasteiger partial charge on any atom is -0.439 e. The van der Waals surface area contributed by atoms with Crippen molar-refractivity contribution < 1.29 is 4.74 Å². The van der Waals surface area contributed by atoms with Gasteiger partial charge in [-0.2, -0.15) is 0 Å². The zero-order chi connectivity index (χ0) is 15.2. The van der Waals surface area contributed by atoms with Gasteiger partial charge in [0.05, 0.1) is 5.02 Å². The number of nitrogens with zero attached hydrogens (tertiary/aromatic N) is 1. The Morgan fingerprint density at radius 3 is 2.76 bits per heavy atom. The average Bonchev–Trinajstić information content (AvgIpc) is 2.45. The molecule has 0 bridgehead atoms. The van der Waals surface area contributed by atoms with E-state index in [1.165, 1.54) is 0 Å². The van der Waals surface area contributed by atoms with Gasteiger partial charge >= 0.3 is 0 Å². The SMILES string of the molecule is CCCNCc1cc(Oc2ccc(Cl)cc2C)ncc1Cl. The summed E-state index contributed by atoms with van der Waals surface area (Å²) in [5, 5.41) is 4.64. The van der Waals surface area contributed by atoms with Gasteiger partial charge in [-0.05, 0) is 49.2 Å². The number of pyridine rings is 1. The summed E-state index contributed by atoms with van der Waals surface area (Å²) in [5.41, 5.74) is 1.94. The Hall–Kier alpha value is -1.29. The van der Waals surface area contributed by atoms with Crippen LogP contribution in [0.25, 0.3) is 0 Å². The summed E-state index contributed by atoms with van der Waals surface area (Å²) in [5.74, 6) is 1.26. The zero-order valence-electron chi connectivity index (χ0n) is 12.1. The minimum absolute atomic E-state index is 0.526. The smallest absolute Gasteiger partial charge is 0.219 e. The van der Waals surface area contributed by atoms with E-state index < -0.39 is 0 Å².